The van der Waals surface area contributed by atoms with Gasteiger partial charge in [-0.25, -0.2) is 13.6 Å². The number of primary sulfonamides is 1. The number of ether oxygens (including phenoxy) is 3. The zero-order valence-corrected chi connectivity index (χ0v) is 13.1. The zero-order chi connectivity index (χ0) is 16.6. The average Bonchev–Trinajstić information content (AvgIpc) is 2.45. The topological polar surface area (TPSA) is 138 Å². The first-order valence-corrected chi connectivity index (χ1v) is 8.10. The lowest BCUT2D eigenvalue weighted by atomic mass is 10.2. The van der Waals surface area contributed by atoms with Gasteiger partial charge in [-0.2, -0.15) is 5.26 Å². The minimum Gasteiger partial charge on any atom is -0.490 e. The van der Waals surface area contributed by atoms with Crippen LogP contribution in [0.3, 0.4) is 0 Å². The van der Waals surface area contributed by atoms with Gasteiger partial charge in [-0.15, -0.1) is 0 Å². The summed E-state index contributed by atoms with van der Waals surface area (Å²) in [5, 5.41) is 14.2. The van der Waals surface area contributed by atoms with Crippen molar-refractivity contribution in [1.82, 2.24) is 0 Å². The van der Waals surface area contributed by atoms with Crippen LogP contribution >= 0.6 is 0 Å². The molecule has 0 aromatic heterocycles. The van der Waals surface area contributed by atoms with Crippen molar-refractivity contribution in [2.45, 2.75) is 11.8 Å². The number of nitrogens with zero attached hydrogens (tertiary/aromatic N) is 1. The number of rotatable bonds is 9. The molecule has 0 aliphatic rings. The summed E-state index contributed by atoms with van der Waals surface area (Å²) in [6, 6.07) is 4.50. The highest BCUT2D eigenvalue weighted by molar-refractivity contribution is 7.89. The Morgan fingerprint density at radius 3 is 2.41 bits per heavy atom. The first-order valence-electron chi connectivity index (χ1n) is 6.55. The first kappa shape index (κ1) is 18.2. The summed E-state index contributed by atoms with van der Waals surface area (Å²) < 4.78 is 38.7. The van der Waals surface area contributed by atoms with Gasteiger partial charge >= 0.3 is 0 Å². The predicted molar refractivity (Wildman–Crippen MR) is 79.7 cm³/mol. The Labute approximate surface area is 129 Å². The zero-order valence-electron chi connectivity index (χ0n) is 12.2. The SMILES string of the molecule is CCOCCOCCOc1ccc(N)c(S(N)(=O)=O)c1C#N. The van der Waals surface area contributed by atoms with Gasteiger partial charge in [0.05, 0.1) is 25.5 Å². The molecule has 122 valence electrons. The molecule has 8 nitrogen and oxygen atoms in total. The van der Waals surface area contributed by atoms with Crippen molar-refractivity contribution < 1.29 is 22.6 Å². The third kappa shape index (κ3) is 5.16. The van der Waals surface area contributed by atoms with E-state index < -0.39 is 14.9 Å². The molecule has 0 fully saturated rings. The van der Waals surface area contributed by atoms with E-state index in [9.17, 15) is 8.42 Å². The van der Waals surface area contributed by atoms with Gasteiger partial charge in [-0.05, 0) is 19.1 Å². The van der Waals surface area contributed by atoms with Crippen LogP contribution in [-0.4, -0.2) is 41.5 Å². The van der Waals surface area contributed by atoms with Crippen molar-refractivity contribution in [2.75, 3.05) is 38.8 Å². The number of nitriles is 1. The second-order valence-electron chi connectivity index (χ2n) is 4.17. The second kappa shape index (κ2) is 8.55. The number of hydrogen-bond acceptors (Lipinski definition) is 7. The van der Waals surface area contributed by atoms with E-state index >= 15 is 0 Å². The Morgan fingerprint density at radius 1 is 1.18 bits per heavy atom. The minimum atomic E-state index is -4.12. The molecular formula is C13H19N3O5S. The van der Waals surface area contributed by atoms with E-state index in [2.05, 4.69) is 0 Å². The standard InChI is InChI=1S/C13H19N3O5S/c1-2-19-5-6-20-7-8-21-12-4-3-11(15)13(10(12)9-14)22(16,17)18/h3-4H,2,5-8,15H2,1H3,(H2,16,17,18). The molecular weight excluding hydrogens is 310 g/mol. The second-order valence-corrected chi connectivity index (χ2v) is 5.67. The molecule has 9 heteroatoms. The van der Waals surface area contributed by atoms with Crippen LogP contribution in [0.5, 0.6) is 5.75 Å². The van der Waals surface area contributed by atoms with Crippen LogP contribution < -0.4 is 15.6 Å². The van der Waals surface area contributed by atoms with Gasteiger partial charge in [-0.3, -0.25) is 0 Å². The largest absolute Gasteiger partial charge is 0.490 e. The number of anilines is 1. The molecule has 0 bridgehead atoms. The van der Waals surface area contributed by atoms with Crippen LogP contribution in [0.4, 0.5) is 5.69 Å². The van der Waals surface area contributed by atoms with Crippen LogP contribution in [0.25, 0.3) is 0 Å². The third-order valence-corrected chi connectivity index (χ3v) is 3.62. The van der Waals surface area contributed by atoms with Gasteiger partial charge in [0.2, 0.25) is 10.0 Å². The fourth-order valence-corrected chi connectivity index (χ4v) is 2.52. The minimum absolute atomic E-state index is 0.0918. The van der Waals surface area contributed by atoms with Crippen molar-refractivity contribution in [3.8, 4) is 11.8 Å². The van der Waals surface area contributed by atoms with Gasteiger partial charge in [0.15, 0.2) is 0 Å². The maximum absolute atomic E-state index is 11.5. The summed E-state index contributed by atoms with van der Waals surface area (Å²) in [5.41, 5.74) is 5.26. The van der Waals surface area contributed by atoms with E-state index in [1.165, 1.54) is 12.1 Å². The quantitative estimate of drug-likeness (QED) is 0.488. The first-order chi connectivity index (χ1) is 10.4. The molecule has 0 saturated carbocycles. The average molecular weight is 329 g/mol. The molecule has 0 unspecified atom stereocenters. The Balaban J connectivity index is 2.71. The van der Waals surface area contributed by atoms with Gasteiger partial charge < -0.3 is 19.9 Å². The molecule has 0 aliphatic heterocycles. The fourth-order valence-electron chi connectivity index (χ4n) is 1.69. The number of hydrogen-bond donors (Lipinski definition) is 2. The van der Waals surface area contributed by atoms with E-state index in [1.54, 1.807) is 6.07 Å². The van der Waals surface area contributed by atoms with Crippen LogP contribution in [0.15, 0.2) is 17.0 Å². The van der Waals surface area contributed by atoms with Crippen molar-refractivity contribution >= 4 is 15.7 Å². The summed E-state index contributed by atoms with van der Waals surface area (Å²) >= 11 is 0. The lowest BCUT2D eigenvalue weighted by Crippen LogP contribution is -2.17. The van der Waals surface area contributed by atoms with Gasteiger partial charge in [0.1, 0.15) is 28.9 Å². The Morgan fingerprint density at radius 2 is 1.82 bits per heavy atom. The van der Waals surface area contributed by atoms with E-state index in [1.807, 2.05) is 6.92 Å². The maximum atomic E-state index is 11.5. The van der Waals surface area contributed by atoms with Crippen LogP contribution in [0.1, 0.15) is 12.5 Å². The van der Waals surface area contributed by atoms with E-state index in [0.717, 1.165) is 0 Å². The summed E-state index contributed by atoms with van der Waals surface area (Å²) in [6.07, 6.45) is 0. The van der Waals surface area contributed by atoms with Crippen molar-refractivity contribution in [3.63, 3.8) is 0 Å². The van der Waals surface area contributed by atoms with E-state index in [0.29, 0.717) is 19.8 Å². The van der Waals surface area contributed by atoms with E-state index in [4.69, 9.17) is 30.3 Å². The predicted octanol–water partition coefficient (Wildman–Crippen LogP) is 0.220. The molecule has 0 saturated heterocycles. The normalized spacial score (nSPS) is 11.1. The number of benzene rings is 1. The van der Waals surface area contributed by atoms with Crippen molar-refractivity contribution in [3.05, 3.63) is 17.7 Å². The van der Waals surface area contributed by atoms with Crippen molar-refractivity contribution in [2.24, 2.45) is 5.14 Å². The van der Waals surface area contributed by atoms with Gasteiger partial charge in [0, 0.05) is 6.61 Å². The molecule has 0 radical (unpaired) electrons. The highest BCUT2D eigenvalue weighted by Crippen LogP contribution is 2.29. The summed E-state index contributed by atoms with van der Waals surface area (Å²) in [6.45, 7) is 3.83. The Hall–Kier alpha value is -1.86. The maximum Gasteiger partial charge on any atom is 0.241 e. The van der Waals surface area contributed by atoms with E-state index in [-0.39, 0.29) is 30.2 Å². The number of nitrogen functional groups attached to an aromatic ring is 1. The van der Waals surface area contributed by atoms with Crippen LogP contribution in [0, 0.1) is 11.3 Å². The molecule has 0 spiro atoms. The molecule has 22 heavy (non-hydrogen) atoms. The molecule has 0 aliphatic carbocycles. The fraction of sp³-hybridized carbons (Fsp3) is 0.462. The lowest BCUT2D eigenvalue weighted by Gasteiger charge is -2.12. The highest BCUT2D eigenvalue weighted by Gasteiger charge is 2.21. The molecule has 0 atom stereocenters. The van der Waals surface area contributed by atoms with Crippen molar-refractivity contribution in [1.29, 1.82) is 5.26 Å². The Bertz CT molecular complexity index is 640. The summed E-state index contributed by atoms with van der Waals surface area (Å²) in [7, 11) is -4.12. The highest BCUT2D eigenvalue weighted by atomic mass is 32.2. The molecule has 1 aromatic carbocycles. The lowest BCUT2D eigenvalue weighted by molar-refractivity contribution is 0.0404. The third-order valence-electron chi connectivity index (χ3n) is 2.61. The molecule has 4 N–H and O–H groups in total. The van der Waals surface area contributed by atoms with Crippen LogP contribution in [0.2, 0.25) is 0 Å². The van der Waals surface area contributed by atoms with Crippen LogP contribution in [-0.2, 0) is 19.5 Å². The molecule has 1 aromatic rings. The molecule has 1 rings (SSSR count). The molecule has 0 heterocycles. The summed E-state index contributed by atoms with van der Waals surface area (Å²) in [4.78, 5) is -0.426. The molecule has 0 amide bonds. The monoisotopic (exact) mass is 329 g/mol. The van der Waals surface area contributed by atoms with Gasteiger partial charge in [0.25, 0.3) is 0 Å². The summed E-state index contributed by atoms with van der Waals surface area (Å²) in [5.74, 6) is 0.0918. The van der Waals surface area contributed by atoms with Gasteiger partial charge in [-0.1, -0.05) is 0 Å². The smallest absolute Gasteiger partial charge is 0.241 e. The Kier molecular flexibility index (Phi) is 7.07. The number of sulfonamides is 1. The number of nitrogens with two attached hydrogens (primary N) is 2.